The van der Waals surface area contributed by atoms with Gasteiger partial charge in [0, 0.05) is 31.2 Å². The molecule has 1 aliphatic rings. The molecule has 0 bridgehead atoms. The van der Waals surface area contributed by atoms with Crippen molar-refractivity contribution in [3.63, 3.8) is 0 Å². The van der Waals surface area contributed by atoms with Gasteiger partial charge in [0.1, 0.15) is 11.5 Å². The van der Waals surface area contributed by atoms with Gasteiger partial charge >= 0.3 is 12.1 Å². The minimum absolute atomic E-state index is 0.0191. The molecule has 1 aliphatic heterocycles. The number of esters is 1. The van der Waals surface area contributed by atoms with Crippen LogP contribution in [0.1, 0.15) is 55.0 Å². The second kappa shape index (κ2) is 16.2. The van der Waals surface area contributed by atoms with Gasteiger partial charge < -0.3 is 38.8 Å². The molecule has 0 radical (unpaired) electrons. The van der Waals surface area contributed by atoms with Crippen LogP contribution < -0.4 is 24.3 Å². The van der Waals surface area contributed by atoms with E-state index in [2.05, 4.69) is 5.32 Å². The van der Waals surface area contributed by atoms with Crippen molar-refractivity contribution in [2.24, 2.45) is 5.92 Å². The Labute approximate surface area is 282 Å². The Kier molecular flexibility index (Phi) is 12.0. The average molecular weight is 683 g/mol. The molecule has 0 spiro atoms. The van der Waals surface area contributed by atoms with Gasteiger partial charge in [-0.25, -0.2) is 14.0 Å². The third-order valence-electron chi connectivity index (χ3n) is 8.16. The number of hydrogen-bond acceptors (Lipinski definition) is 10. The Morgan fingerprint density at radius 1 is 0.898 bits per heavy atom. The third kappa shape index (κ3) is 7.86. The van der Waals surface area contributed by atoms with E-state index in [-0.39, 0.29) is 54.6 Å². The smallest absolute Gasteiger partial charge is 0.410 e. The predicted molar refractivity (Wildman–Crippen MR) is 173 cm³/mol. The Morgan fingerprint density at radius 2 is 1.55 bits per heavy atom. The van der Waals surface area contributed by atoms with Crippen molar-refractivity contribution < 1.29 is 57.1 Å². The summed E-state index contributed by atoms with van der Waals surface area (Å²) in [6, 6.07) is 10.7. The number of ketones is 1. The molecule has 0 aromatic heterocycles. The molecule has 0 aliphatic carbocycles. The Bertz CT molecular complexity index is 1680. The summed E-state index contributed by atoms with van der Waals surface area (Å²) in [4.78, 5) is 55.3. The van der Waals surface area contributed by atoms with Gasteiger partial charge in [-0.3, -0.25) is 14.5 Å². The van der Waals surface area contributed by atoms with E-state index in [0.717, 1.165) is 4.90 Å². The van der Waals surface area contributed by atoms with E-state index in [4.69, 9.17) is 28.4 Å². The van der Waals surface area contributed by atoms with Gasteiger partial charge in [0.25, 0.3) is 5.91 Å². The number of aryl methyl sites for hydroxylation is 2. The molecule has 2 N–H and O–H groups in total. The molecule has 4 rings (SSSR count). The standard InChI is InChI=1S/C35H39FN2O11/c1-19-15-22(16-20(2)30(19)48-18-44-3)32(40)37-28-23(29(39)26-24(45-4)17-25(46-5)31(47-6)27(26)36)13-10-14-38(35(42)43)33(28)49-34(41)21-11-8-7-9-12-21/h7-9,11-12,15-17,23,28,33H,10,13-14,18H2,1-6H3,(H,37,40)(H,42,43). The zero-order chi connectivity index (χ0) is 35.8. The van der Waals surface area contributed by atoms with Crippen molar-refractivity contribution in [2.75, 3.05) is 41.8 Å². The van der Waals surface area contributed by atoms with E-state index in [1.165, 1.54) is 46.6 Å². The summed E-state index contributed by atoms with van der Waals surface area (Å²) in [7, 11) is 5.21. The lowest BCUT2D eigenvalue weighted by Crippen LogP contribution is -2.58. The first-order chi connectivity index (χ1) is 23.5. The van der Waals surface area contributed by atoms with Crippen molar-refractivity contribution in [3.8, 4) is 23.0 Å². The summed E-state index contributed by atoms with van der Waals surface area (Å²) in [5.41, 5.74) is 0.961. The van der Waals surface area contributed by atoms with Gasteiger partial charge in [0.05, 0.1) is 38.5 Å². The maximum atomic E-state index is 16.1. The zero-order valence-electron chi connectivity index (χ0n) is 28.0. The third-order valence-corrected chi connectivity index (χ3v) is 8.16. The van der Waals surface area contributed by atoms with Crippen LogP contribution in [0.25, 0.3) is 0 Å². The number of carbonyl (C=O) groups excluding carboxylic acids is 3. The monoisotopic (exact) mass is 682 g/mol. The number of amides is 2. The highest BCUT2D eigenvalue weighted by Gasteiger charge is 2.46. The van der Waals surface area contributed by atoms with E-state index in [9.17, 15) is 24.3 Å². The van der Waals surface area contributed by atoms with Crippen LogP contribution in [0.5, 0.6) is 23.0 Å². The molecule has 0 saturated carbocycles. The van der Waals surface area contributed by atoms with Gasteiger partial charge in [-0.05, 0) is 62.1 Å². The first-order valence-electron chi connectivity index (χ1n) is 15.3. The van der Waals surface area contributed by atoms with Gasteiger partial charge in [0.2, 0.25) is 6.23 Å². The first-order valence-corrected chi connectivity index (χ1v) is 15.3. The maximum absolute atomic E-state index is 16.1. The molecule has 3 aromatic carbocycles. The van der Waals surface area contributed by atoms with E-state index in [1.54, 1.807) is 44.2 Å². The fourth-order valence-corrected chi connectivity index (χ4v) is 5.91. The molecule has 3 aromatic rings. The van der Waals surface area contributed by atoms with Gasteiger partial charge in [-0.1, -0.05) is 18.2 Å². The van der Waals surface area contributed by atoms with E-state index in [1.807, 2.05) is 0 Å². The first kappa shape index (κ1) is 36.5. The summed E-state index contributed by atoms with van der Waals surface area (Å²) < 4.78 is 48.3. The van der Waals surface area contributed by atoms with Crippen LogP contribution >= 0.6 is 0 Å². The molecule has 2 amide bonds. The van der Waals surface area contributed by atoms with Crippen molar-refractivity contribution in [2.45, 2.75) is 39.0 Å². The second-order valence-corrected chi connectivity index (χ2v) is 11.2. The number of Topliss-reactive ketones (excluding diaryl/α,β-unsaturated/α-hetero) is 1. The molecule has 14 heteroatoms. The fourth-order valence-electron chi connectivity index (χ4n) is 5.91. The number of rotatable bonds is 12. The summed E-state index contributed by atoms with van der Waals surface area (Å²) in [5, 5.41) is 13.0. The number of hydrogen-bond donors (Lipinski definition) is 2. The number of carbonyl (C=O) groups is 4. The molecule has 3 unspecified atom stereocenters. The SMILES string of the molecule is COCOc1c(C)cc(C(=O)NC2C(C(=O)c3c(OC)cc(OC)c(OC)c3F)CCCN(C(=O)O)C2OC(=O)c2ccccc2)cc1C. The fraction of sp³-hybridized carbons (Fsp3) is 0.371. The number of methoxy groups -OCH3 is 4. The summed E-state index contributed by atoms with van der Waals surface area (Å²) >= 11 is 0. The van der Waals surface area contributed by atoms with Gasteiger partial charge in [-0.15, -0.1) is 0 Å². The van der Waals surface area contributed by atoms with Crippen LogP contribution in [-0.2, 0) is 9.47 Å². The molecule has 3 atom stereocenters. The number of nitrogens with zero attached hydrogens (tertiary/aromatic N) is 1. The van der Waals surface area contributed by atoms with Gasteiger partial charge in [0.15, 0.2) is 29.9 Å². The number of likely N-dealkylation sites (tertiary alicyclic amines) is 1. The number of ether oxygens (including phenoxy) is 6. The molecule has 1 heterocycles. The van der Waals surface area contributed by atoms with Crippen LogP contribution in [0.2, 0.25) is 0 Å². The highest BCUT2D eigenvalue weighted by molar-refractivity contribution is 6.03. The zero-order valence-corrected chi connectivity index (χ0v) is 28.0. The van der Waals surface area contributed by atoms with E-state index >= 15 is 4.39 Å². The van der Waals surface area contributed by atoms with Crippen molar-refractivity contribution in [1.29, 1.82) is 0 Å². The second-order valence-electron chi connectivity index (χ2n) is 11.2. The van der Waals surface area contributed by atoms with Crippen molar-refractivity contribution in [1.82, 2.24) is 10.2 Å². The number of benzene rings is 3. The Morgan fingerprint density at radius 3 is 2.12 bits per heavy atom. The minimum atomic E-state index is -1.70. The molecule has 1 fully saturated rings. The van der Waals surface area contributed by atoms with Crippen LogP contribution in [0.3, 0.4) is 0 Å². The molecular formula is C35H39FN2O11. The molecular weight excluding hydrogens is 643 g/mol. The van der Waals surface area contributed by atoms with Crippen LogP contribution in [-0.4, -0.2) is 87.8 Å². The molecule has 13 nitrogen and oxygen atoms in total. The Hall–Kier alpha value is -5.37. The highest BCUT2D eigenvalue weighted by atomic mass is 19.1. The van der Waals surface area contributed by atoms with Crippen LogP contribution in [0, 0.1) is 25.6 Å². The normalized spacial score (nSPS) is 17.4. The molecule has 262 valence electrons. The molecule has 1 saturated heterocycles. The Balaban J connectivity index is 1.86. The lowest BCUT2D eigenvalue weighted by atomic mass is 9.85. The van der Waals surface area contributed by atoms with Gasteiger partial charge in [-0.2, -0.15) is 0 Å². The van der Waals surface area contributed by atoms with Crippen LogP contribution in [0.15, 0.2) is 48.5 Å². The maximum Gasteiger partial charge on any atom is 0.410 e. The largest absolute Gasteiger partial charge is 0.496 e. The van der Waals surface area contributed by atoms with Crippen LogP contribution in [0.4, 0.5) is 9.18 Å². The summed E-state index contributed by atoms with van der Waals surface area (Å²) in [6.45, 7) is 3.28. The molecule has 49 heavy (non-hydrogen) atoms. The quantitative estimate of drug-likeness (QED) is 0.150. The summed E-state index contributed by atoms with van der Waals surface area (Å²) in [5.74, 6) is -4.91. The van der Waals surface area contributed by atoms with Crippen molar-refractivity contribution in [3.05, 3.63) is 82.2 Å². The average Bonchev–Trinajstić information content (AvgIpc) is 3.26. The van der Waals surface area contributed by atoms with E-state index in [0.29, 0.717) is 16.9 Å². The van der Waals surface area contributed by atoms with E-state index < -0.39 is 53.3 Å². The van der Waals surface area contributed by atoms with Crippen molar-refractivity contribution >= 4 is 23.8 Å². The number of carboxylic acid groups (broad SMARTS) is 1. The topological polar surface area (TPSA) is 159 Å². The lowest BCUT2D eigenvalue weighted by molar-refractivity contribution is -0.0416. The summed E-state index contributed by atoms with van der Waals surface area (Å²) in [6.07, 6.45) is -3.08. The number of halogens is 1. The number of nitrogens with one attached hydrogen (secondary N) is 1. The minimum Gasteiger partial charge on any atom is -0.496 e. The highest BCUT2D eigenvalue weighted by Crippen LogP contribution is 2.41. The lowest BCUT2D eigenvalue weighted by Gasteiger charge is -2.35. The predicted octanol–water partition coefficient (Wildman–Crippen LogP) is 5.01.